The Morgan fingerprint density at radius 2 is 1.87 bits per heavy atom. The van der Waals surface area contributed by atoms with Crippen molar-refractivity contribution < 1.29 is 24.1 Å². The quantitative estimate of drug-likeness (QED) is 0.273. The van der Waals surface area contributed by atoms with Gasteiger partial charge in [-0.15, -0.1) is 0 Å². The lowest BCUT2D eigenvalue weighted by Crippen LogP contribution is -2.35. The van der Waals surface area contributed by atoms with E-state index in [0.29, 0.717) is 18.3 Å². The summed E-state index contributed by atoms with van der Waals surface area (Å²) in [6.07, 6.45) is 11.2. The van der Waals surface area contributed by atoms with Gasteiger partial charge >= 0.3 is 5.97 Å². The van der Waals surface area contributed by atoms with E-state index in [1.165, 1.54) is 18.3 Å². The number of carbonyl (C=O) groups is 1. The summed E-state index contributed by atoms with van der Waals surface area (Å²) in [7, 11) is 3.06. The molecule has 1 heterocycles. The van der Waals surface area contributed by atoms with Crippen LogP contribution in [0.1, 0.15) is 67.2 Å². The average Bonchev–Trinajstić information content (AvgIpc) is 2.69. The molecule has 1 fully saturated rings. The Labute approximate surface area is 189 Å². The minimum absolute atomic E-state index is 0.0392. The summed E-state index contributed by atoms with van der Waals surface area (Å²) in [5.41, 5.74) is 2.48. The molecule has 5 nitrogen and oxygen atoms in total. The van der Waals surface area contributed by atoms with Gasteiger partial charge in [0.1, 0.15) is 0 Å². The fraction of sp³-hybridized carbons (Fsp3) is 0.731. The highest BCUT2D eigenvalue weighted by Gasteiger charge is 2.30. The van der Waals surface area contributed by atoms with Crippen LogP contribution in [0.15, 0.2) is 35.5 Å². The van der Waals surface area contributed by atoms with Crippen LogP contribution in [-0.2, 0) is 19.0 Å². The van der Waals surface area contributed by atoms with E-state index in [9.17, 15) is 9.90 Å². The van der Waals surface area contributed by atoms with Crippen LogP contribution in [0.25, 0.3) is 0 Å². The minimum atomic E-state index is -0.494. The number of carbonyl (C=O) groups excluding carboxylic acids is 1. The number of allylic oxidation sites excluding steroid dienone is 4. The molecule has 0 aromatic heterocycles. The minimum Gasteiger partial charge on any atom is -0.469 e. The highest BCUT2D eigenvalue weighted by Crippen LogP contribution is 2.30. The number of aliphatic hydroxyl groups excluding tert-OH is 1. The van der Waals surface area contributed by atoms with Gasteiger partial charge in [-0.05, 0) is 57.4 Å². The molecule has 1 saturated heterocycles. The third kappa shape index (κ3) is 9.71. The first-order valence-corrected chi connectivity index (χ1v) is 11.5. The Balaban J connectivity index is 2.65. The molecule has 0 aliphatic carbocycles. The van der Waals surface area contributed by atoms with Crippen molar-refractivity contribution in [1.29, 1.82) is 0 Å². The van der Waals surface area contributed by atoms with Crippen molar-refractivity contribution in [1.82, 2.24) is 0 Å². The Morgan fingerprint density at radius 3 is 2.45 bits per heavy atom. The molecule has 1 rings (SSSR count). The largest absolute Gasteiger partial charge is 0.469 e. The Hall–Kier alpha value is -1.43. The number of rotatable bonds is 11. The van der Waals surface area contributed by atoms with Gasteiger partial charge < -0.3 is 19.3 Å². The number of hydrogen-bond donors (Lipinski definition) is 1. The molecular weight excluding hydrogens is 392 g/mol. The third-order valence-corrected chi connectivity index (χ3v) is 6.13. The van der Waals surface area contributed by atoms with Crippen LogP contribution in [0.2, 0.25) is 0 Å². The lowest BCUT2D eigenvalue weighted by Gasteiger charge is -2.35. The first-order valence-electron chi connectivity index (χ1n) is 11.5. The number of methoxy groups -OCH3 is 2. The van der Waals surface area contributed by atoms with Gasteiger partial charge in [0, 0.05) is 13.0 Å². The van der Waals surface area contributed by atoms with Crippen LogP contribution < -0.4 is 0 Å². The molecule has 0 spiro atoms. The van der Waals surface area contributed by atoms with E-state index in [4.69, 9.17) is 14.2 Å². The van der Waals surface area contributed by atoms with E-state index in [1.807, 2.05) is 0 Å². The maximum Gasteiger partial charge on any atom is 0.308 e. The molecule has 7 atom stereocenters. The van der Waals surface area contributed by atoms with Gasteiger partial charge in [-0.25, -0.2) is 0 Å². The number of esters is 1. The second kappa shape index (κ2) is 13.9. The first kappa shape index (κ1) is 27.6. The van der Waals surface area contributed by atoms with E-state index < -0.39 is 6.10 Å². The molecular formula is C26H44O5. The third-order valence-electron chi connectivity index (χ3n) is 6.13. The molecule has 1 N–H and O–H groups in total. The normalized spacial score (nSPS) is 27.1. The van der Waals surface area contributed by atoms with Crippen LogP contribution in [0.5, 0.6) is 0 Å². The van der Waals surface area contributed by atoms with Gasteiger partial charge in [-0.2, -0.15) is 0 Å². The SMILES string of the molecule is COC(=O)C[C@H]1CC[C@H](C)[C@@H](/C(C)=C/C=C/[C@@H](C)C/C(C)=C/[C@H](C)[C@@H](OC)[C@H](C)O)O1. The van der Waals surface area contributed by atoms with Gasteiger partial charge in [-0.3, -0.25) is 4.79 Å². The molecule has 0 aromatic rings. The fourth-order valence-corrected chi connectivity index (χ4v) is 4.52. The van der Waals surface area contributed by atoms with E-state index in [1.54, 1.807) is 14.0 Å². The Bertz CT molecular complexity index is 634. The number of hydrogen-bond acceptors (Lipinski definition) is 5. The van der Waals surface area contributed by atoms with Gasteiger partial charge in [0.05, 0.1) is 37.9 Å². The zero-order valence-corrected chi connectivity index (χ0v) is 20.8. The van der Waals surface area contributed by atoms with Crippen LogP contribution in [-0.4, -0.2) is 49.7 Å². The van der Waals surface area contributed by atoms with Gasteiger partial charge in [-0.1, -0.05) is 50.6 Å². The van der Waals surface area contributed by atoms with Crippen molar-refractivity contribution in [3.05, 3.63) is 35.5 Å². The zero-order chi connectivity index (χ0) is 23.6. The summed E-state index contributed by atoms with van der Waals surface area (Å²) in [4.78, 5) is 11.6. The van der Waals surface area contributed by atoms with Crippen LogP contribution in [0.4, 0.5) is 0 Å². The van der Waals surface area contributed by atoms with E-state index in [2.05, 4.69) is 58.9 Å². The average molecular weight is 437 g/mol. The molecule has 0 radical (unpaired) electrons. The highest BCUT2D eigenvalue weighted by atomic mass is 16.5. The Morgan fingerprint density at radius 1 is 1.19 bits per heavy atom. The predicted octanol–water partition coefficient (Wildman–Crippen LogP) is 5.24. The molecule has 178 valence electrons. The fourth-order valence-electron chi connectivity index (χ4n) is 4.52. The summed E-state index contributed by atoms with van der Waals surface area (Å²) in [6.45, 7) is 12.5. The summed E-state index contributed by atoms with van der Waals surface area (Å²) in [5.74, 6) is 0.782. The second-order valence-electron chi connectivity index (χ2n) is 9.30. The topological polar surface area (TPSA) is 65.0 Å². The van der Waals surface area contributed by atoms with E-state index in [0.717, 1.165) is 19.3 Å². The van der Waals surface area contributed by atoms with Gasteiger partial charge in [0.25, 0.3) is 0 Å². The van der Waals surface area contributed by atoms with Crippen LogP contribution >= 0.6 is 0 Å². The molecule has 0 amide bonds. The van der Waals surface area contributed by atoms with Crippen molar-refractivity contribution >= 4 is 5.97 Å². The standard InChI is InChI=1S/C26H44O5/c1-17(14-18(2)15-21(5)26(30-8)22(6)27)10-9-11-19(3)25-20(4)12-13-23(31-25)16-24(28)29-7/h9-11,15,17,20-23,25-27H,12-14,16H2,1-8H3/b10-9+,18-15+,19-11+/t17-,20+,21+,22+,23-,25-,26-/m1/s1. The van der Waals surface area contributed by atoms with Crippen molar-refractivity contribution in [3.8, 4) is 0 Å². The van der Waals surface area contributed by atoms with Crippen molar-refractivity contribution in [2.75, 3.05) is 14.2 Å². The molecule has 1 aliphatic heterocycles. The van der Waals surface area contributed by atoms with Gasteiger partial charge in [0.2, 0.25) is 0 Å². The summed E-state index contributed by atoms with van der Waals surface area (Å²) >= 11 is 0. The van der Waals surface area contributed by atoms with Crippen molar-refractivity contribution in [3.63, 3.8) is 0 Å². The monoisotopic (exact) mass is 436 g/mol. The molecule has 0 unspecified atom stereocenters. The number of ether oxygens (including phenoxy) is 3. The van der Waals surface area contributed by atoms with E-state index in [-0.39, 0.29) is 30.2 Å². The molecule has 5 heteroatoms. The molecule has 0 saturated carbocycles. The smallest absolute Gasteiger partial charge is 0.308 e. The van der Waals surface area contributed by atoms with Crippen LogP contribution in [0, 0.1) is 17.8 Å². The molecule has 0 aromatic carbocycles. The molecule has 31 heavy (non-hydrogen) atoms. The van der Waals surface area contributed by atoms with Crippen LogP contribution in [0.3, 0.4) is 0 Å². The van der Waals surface area contributed by atoms with Crippen molar-refractivity contribution in [2.24, 2.45) is 17.8 Å². The number of aliphatic hydroxyl groups is 1. The van der Waals surface area contributed by atoms with Crippen molar-refractivity contribution in [2.45, 2.75) is 91.6 Å². The zero-order valence-electron chi connectivity index (χ0n) is 20.8. The first-order chi connectivity index (χ1) is 14.6. The van der Waals surface area contributed by atoms with E-state index >= 15 is 0 Å². The maximum absolute atomic E-state index is 11.6. The second-order valence-corrected chi connectivity index (χ2v) is 9.30. The lowest BCUT2D eigenvalue weighted by atomic mass is 9.88. The highest BCUT2D eigenvalue weighted by molar-refractivity contribution is 5.69. The predicted molar refractivity (Wildman–Crippen MR) is 126 cm³/mol. The summed E-state index contributed by atoms with van der Waals surface area (Å²) in [6, 6.07) is 0. The molecule has 1 aliphatic rings. The molecule has 0 bridgehead atoms. The lowest BCUT2D eigenvalue weighted by molar-refractivity contribution is -0.147. The Kier molecular flexibility index (Phi) is 12.3. The summed E-state index contributed by atoms with van der Waals surface area (Å²) in [5, 5.41) is 9.84. The van der Waals surface area contributed by atoms with Gasteiger partial charge in [0.15, 0.2) is 0 Å². The maximum atomic E-state index is 11.6. The summed E-state index contributed by atoms with van der Waals surface area (Å²) < 4.78 is 16.4.